The number of carbonyl (C=O) groups excluding carboxylic acids is 1. The van der Waals surface area contributed by atoms with Crippen LogP contribution in [0.1, 0.15) is 20.3 Å². The first kappa shape index (κ1) is 29.0. The SMILES string of the molecule is CCC(C)(COCCS(=O)(=O)[O-])C(=O)OCCS(=O)(=O)[O-].[Na+].[Na+]. The molecule has 0 aromatic heterocycles. The first-order chi connectivity index (χ1) is 9.40. The van der Waals surface area contributed by atoms with Crippen LogP contribution in [0.25, 0.3) is 0 Å². The second-order valence-electron chi connectivity index (χ2n) is 4.63. The van der Waals surface area contributed by atoms with Crippen LogP contribution in [0.15, 0.2) is 0 Å². The van der Waals surface area contributed by atoms with Gasteiger partial charge in [0.15, 0.2) is 0 Å². The van der Waals surface area contributed by atoms with E-state index in [0.29, 0.717) is 0 Å². The summed E-state index contributed by atoms with van der Waals surface area (Å²) in [5, 5.41) is 0. The molecule has 0 N–H and O–H groups in total. The van der Waals surface area contributed by atoms with Crippen molar-refractivity contribution in [3.8, 4) is 0 Å². The van der Waals surface area contributed by atoms with Gasteiger partial charge in [-0.15, -0.1) is 0 Å². The third-order valence-corrected chi connectivity index (χ3v) is 4.07. The molecule has 0 bridgehead atoms. The third-order valence-electron chi connectivity index (χ3n) is 2.74. The van der Waals surface area contributed by atoms with Crippen LogP contribution >= 0.6 is 0 Å². The van der Waals surface area contributed by atoms with Crippen molar-refractivity contribution in [2.75, 3.05) is 31.3 Å². The molecule has 0 aromatic rings. The molecule has 13 heteroatoms. The zero-order chi connectivity index (χ0) is 16.7. The molecule has 0 spiro atoms. The predicted molar refractivity (Wildman–Crippen MR) is 69.3 cm³/mol. The average molecular weight is 392 g/mol. The third kappa shape index (κ3) is 15.2. The van der Waals surface area contributed by atoms with Crippen LogP contribution in [0.3, 0.4) is 0 Å². The normalized spacial score (nSPS) is 14.1. The van der Waals surface area contributed by atoms with Gasteiger partial charge in [0.05, 0.1) is 50.4 Å². The quantitative estimate of drug-likeness (QED) is 0.153. The fraction of sp³-hybridized carbons (Fsp3) is 0.900. The van der Waals surface area contributed by atoms with Gasteiger partial charge in [-0.3, -0.25) is 4.79 Å². The molecule has 9 nitrogen and oxygen atoms in total. The zero-order valence-corrected chi connectivity index (χ0v) is 19.4. The van der Waals surface area contributed by atoms with Gasteiger partial charge in [0.1, 0.15) is 6.61 Å². The van der Waals surface area contributed by atoms with E-state index in [2.05, 4.69) is 0 Å². The minimum absolute atomic E-state index is 0. The standard InChI is InChI=1S/C10H20O9S2.2Na/c1-3-10(2,8-18-4-6-20(12,13)14)9(11)19-5-7-21(15,16)17;;/h3-8H2,1-2H3,(H,12,13,14)(H,15,16,17);;/q;2*+1/p-2. The van der Waals surface area contributed by atoms with Crippen molar-refractivity contribution in [3.63, 3.8) is 0 Å². The van der Waals surface area contributed by atoms with Gasteiger partial charge in [0, 0.05) is 0 Å². The fourth-order valence-electron chi connectivity index (χ4n) is 1.17. The molecule has 1 atom stereocenters. The zero-order valence-electron chi connectivity index (χ0n) is 13.7. The Balaban J connectivity index is -0.00000200. The fourth-order valence-corrected chi connectivity index (χ4v) is 1.78. The molecule has 0 aliphatic heterocycles. The van der Waals surface area contributed by atoms with Crippen LogP contribution in [-0.4, -0.2) is 63.2 Å². The Kier molecular flexibility index (Phi) is 15.9. The summed E-state index contributed by atoms with van der Waals surface area (Å²) < 4.78 is 71.9. The summed E-state index contributed by atoms with van der Waals surface area (Å²) in [7, 11) is -8.86. The largest absolute Gasteiger partial charge is 1.00 e. The van der Waals surface area contributed by atoms with Gasteiger partial charge >= 0.3 is 65.1 Å². The molecule has 126 valence electrons. The summed E-state index contributed by atoms with van der Waals surface area (Å²) in [5.41, 5.74) is -1.13. The molecule has 0 saturated heterocycles. The number of rotatable bonds is 10. The van der Waals surface area contributed by atoms with Crippen molar-refractivity contribution in [2.45, 2.75) is 20.3 Å². The van der Waals surface area contributed by atoms with E-state index in [1.807, 2.05) is 0 Å². The van der Waals surface area contributed by atoms with Gasteiger partial charge in [0.2, 0.25) is 0 Å². The molecule has 0 rings (SSSR count). The van der Waals surface area contributed by atoms with E-state index >= 15 is 0 Å². The molecule has 0 heterocycles. The van der Waals surface area contributed by atoms with Crippen molar-refractivity contribution >= 4 is 26.2 Å². The van der Waals surface area contributed by atoms with Gasteiger partial charge in [-0.25, -0.2) is 16.8 Å². The van der Waals surface area contributed by atoms with Crippen LogP contribution in [0.4, 0.5) is 0 Å². The van der Waals surface area contributed by atoms with Crippen LogP contribution in [-0.2, 0) is 34.5 Å². The van der Waals surface area contributed by atoms with Crippen LogP contribution in [0, 0.1) is 5.41 Å². The Morgan fingerprint density at radius 3 is 1.83 bits per heavy atom. The Morgan fingerprint density at radius 2 is 1.43 bits per heavy atom. The van der Waals surface area contributed by atoms with Crippen molar-refractivity contribution in [1.29, 1.82) is 0 Å². The molecule has 0 saturated carbocycles. The molecule has 1 unspecified atom stereocenters. The summed E-state index contributed by atoms with van der Waals surface area (Å²) in [6.45, 7) is 2.02. The Morgan fingerprint density at radius 1 is 1.00 bits per heavy atom. The van der Waals surface area contributed by atoms with Crippen LogP contribution < -0.4 is 59.1 Å². The van der Waals surface area contributed by atoms with Crippen LogP contribution in [0.5, 0.6) is 0 Å². The van der Waals surface area contributed by atoms with Crippen molar-refractivity contribution < 1.29 is 99.3 Å². The number of carbonyl (C=O) groups is 1. The predicted octanol–water partition coefficient (Wildman–Crippen LogP) is -6.94. The van der Waals surface area contributed by atoms with Gasteiger partial charge in [-0.2, -0.15) is 0 Å². The molecular formula is C10H18Na2O9S2. The molecule has 0 fully saturated rings. The minimum atomic E-state index is -4.47. The number of hydrogen-bond donors (Lipinski definition) is 0. The van der Waals surface area contributed by atoms with E-state index in [9.17, 15) is 30.7 Å². The average Bonchev–Trinajstić information content (AvgIpc) is 2.31. The van der Waals surface area contributed by atoms with Crippen LogP contribution in [0.2, 0.25) is 0 Å². The summed E-state index contributed by atoms with van der Waals surface area (Å²) >= 11 is 0. The first-order valence-corrected chi connectivity index (χ1v) is 9.17. The molecule has 23 heavy (non-hydrogen) atoms. The Labute approximate surface area is 180 Å². The number of esters is 1. The molecule has 0 radical (unpaired) electrons. The van der Waals surface area contributed by atoms with Gasteiger partial charge < -0.3 is 18.6 Å². The van der Waals surface area contributed by atoms with Gasteiger partial charge in [-0.1, -0.05) is 6.92 Å². The maximum atomic E-state index is 11.8. The van der Waals surface area contributed by atoms with E-state index in [-0.39, 0.29) is 78.7 Å². The molecule has 0 amide bonds. The van der Waals surface area contributed by atoms with Crippen molar-refractivity contribution in [1.82, 2.24) is 0 Å². The maximum Gasteiger partial charge on any atom is 1.00 e. The number of ether oxygens (including phenoxy) is 2. The monoisotopic (exact) mass is 392 g/mol. The smallest absolute Gasteiger partial charge is 0.748 e. The molecular weight excluding hydrogens is 374 g/mol. The van der Waals surface area contributed by atoms with Crippen molar-refractivity contribution in [2.24, 2.45) is 5.41 Å². The van der Waals surface area contributed by atoms with Crippen molar-refractivity contribution in [3.05, 3.63) is 0 Å². The second-order valence-corrected chi connectivity index (χ2v) is 7.67. The molecule has 0 aliphatic carbocycles. The number of hydrogen-bond acceptors (Lipinski definition) is 9. The Hall–Kier alpha value is 1.25. The minimum Gasteiger partial charge on any atom is -0.748 e. The van der Waals surface area contributed by atoms with Gasteiger partial charge in [-0.05, 0) is 13.3 Å². The topological polar surface area (TPSA) is 150 Å². The van der Waals surface area contributed by atoms with E-state index in [1.165, 1.54) is 6.92 Å². The summed E-state index contributed by atoms with van der Waals surface area (Å²) in [6, 6.07) is 0. The summed E-state index contributed by atoms with van der Waals surface area (Å²) in [6.07, 6.45) is 0.278. The summed E-state index contributed by atoms with van der Waals surface area (Å²) in [4.78, 5) is 11.8. The second kappa shape index (κ2) is 12.6. The Bertz CT molecular complexity index is 547. The first-order valence-electron chi connectivity index (χ1n) is 6.02. The molecule has 0 aliphatic rings. The van der Waals surface area contributed by atoms with E-state index in [4.69, 9.17) is 9.47 Å². The van der Waals surface area contributed by atoms with Gasteiger partial charge in [0.25, 0.3) is 0 Å². The summed E-state index contributed by atoms with van der Waals surface area (Å²) in [5.74, 6) is -2.30. The van der Waals surface area contributed by atoms with E-state index in [1.54, 1.807) is 6.92 Å². The van der Waals surface area contributed by atoms with E-state index in [0.717, 1.165) is 0 Å². The molecule has 0 aromatic carbocycles. The maximum absolute atomic E-state index is 11.8. The van der Waals surface area contributed by atoms with E-state index < -0.39 is 49.7 Å².